The van der Waals surface area contributed by atoms with Gasteiger partial charge in [-0.15, -0.1) is 0 Å². The summed E-state index contributed by atoms with van der Waals surface area (Å²) >= 11 is 5.92. The van der Waals surface area contributed by atoms with Gasteiger partial charge in [-0.2, -0.15) is 0 Å². The van der Waals surface area contributed by atoms with Crippen LogP contribution in [0.1, 0.15) is 15.9 Å². The van der Waals surface area contributed by atoms with Crippen molar-refractivity contribution in [2.24, 2.45) is 0 Å². The van der Waals surface area contributed by atoms with E-state index in [0.717, 1.165) is 17.7 Å². The molecule has 0 aliphatic rings. The molecule has 0 saturated carbocycles. The zero-order valence-electron chi connectivity index (χ0n) is 10.4. The standard InChI is InChI=1S/C14H10ClF2NO2/c1-7-2-3-9(6-10(7)15)18-13-11(16)4-8(14(19)20)5-12(13)17/h2-6,18H,1H3,(H,19,20). The van der Waals surface area contributed by atoms with Crippen LogP contribution in [0.15, 0.2) is 30.3 Å². The van der Waals surface area contributed by atoms with Crippen LogP contribution in [0.2, 0.25) is 5.02 Å². The van der Waals surface area contributed by atoms with Gasteiger partial charge in [0.05, 0.1) is 5.56 Å². The van der Waals surface area contributed by atoms with Gasteiger partial charge in [0.1, 0.15) is 5.69 Å². The molecule has 3 nitrogen and oxygen atoms in total. The fraction of sp³-hybridized carbons (Fsp3) is 0.0714. The van der Waals surface area contributed by atoms with Crippen LogP contribution in [0.25, 0.3) is 0 Å². The summed E-state index contributed by atoms with van der Waals surface area (Å²) < 4.78 is 27.5. The van der Waals surface area contributed by atoms with Crippen LogP contribution in [-0.2, 0) is 0 Å². The highest BCUT2D eigenvalue weighted by molar-refractivity contribution is 6.31. The quantitative estimate of drug-likeness (QED) is 0.884. The minimum Gasteiger partial charge on any atom is -0.478 e. The van der Waals surface area contributed by atoms with Crippen LogP contribution >= 0.6 is 11.6 Å². The van der Waals surface area contributed by atoms with Crippen molar-refractivity contribution in [3.63, 3.8) is 0 Å². The monoisotopic (exact) mass is 297 g/mol. The van der Waals surface area contributed by atoms with E-state index in [1.807, 2.05) is 0 Å². The molecule has 0 radical (unpaired) electrons. The maximum atomic E-state index is 13.7. The number of aromatic carboxylic acids is 1. The maximum Gasteiger partial charge on any atom is 0.335 e. The highest BCUT2D eigenvalue weighted by Gasteiger charge is 2.15. The molecule has 2 aromatic carbocycles. The van der Waals surface area contributed by atoms with Crippen LogP contribution in [0, 0.1) is 18.6 Å². The van der Waals surface area contributed by atoms with Gasteiger partial charge in [0.25, 0.3) is 0 Å². The lowest BCUT2D eigenvalue weighted by atomic mass is 10.1. The molecule has 20 heavy (non-hydrogen) atoms. The third-order valence-corrected chi connectivity index (χ3v) is 3.14. The Kier molecular flexibility index (Phi) is 3.90. The van der Waals surface area contributed by atoms with Gasteiger partial charge in [-0.05, 0) is 36.8 Å². The van der Waals surface area contributed by atoms with E-state index in [1.165, 1.54) is 6.07 Å². The number of hydrogen-bond donors (Lipinski definition) is 2. The number of hydrogen-bond acceptors (Lipinski definition) is 2. The highest BCUT2D eigenvalue weighted by atomic mass is 35.5. The first kappa shape index (κ1) is 14.3. The molecule has 0 atom stereocenters. The number of benzene rings is 2. The highest BCUT2D eigenvalue weighted by Crippen LogP contribution is 2.27. The normalized spacial score (nSPS) is 10.4. The minimum absolute atomic E-state index is 0.404. The van der Waals surface area contributed by atoms with E-state index in [1.54, 1.807) is 19.1 Å². The van der Waals surface area contributed by atoms with Gasteiger partial charge in [-0.25, -0.2) is 13.6 Å². The number of carbonyl (C=O) groups is 1. The Labute approximate surface area is 118 Å². The number of rotatable bonds is 3. The second-order valence-corrected chi connectivity index (χ2v) is 4.62. The van der Waals surface area contributed by atoms with Crippen LogP contribution in [0.4, 0.5) is 20.2 Å². The van der Waals surface area contributed by atoms with Gasteiger partial charge in [-0.1, -0.05) is 17.7 Å². The Bertz CT molecular complexity index is 666. The molecule has 0 spiro atoms. The van der Waals surface area contributed by atoms with Crippen LogP contribution < -0.4 is 5.32 Å². The fourth-order valence-electron chi connectivity index (χ4n) is 1.63. The molecule has 0 unspecified atom stereocenters. The number of nitrogens with one attached hydrogen (secondary N) is 1. The van der Waals surface area contributed by atoms with Crippen molar-refractivity contribution >= 4 is 28.9 Å². The number of carboxylic acids is 1. The molecule has 0 heterocycles. The molecule has 0 amide bonds. The first-order valence-electron chi connectivity index (χ1n) is 5.64. The summed E-state index contributed by atoms with van der Waals surface area (Å²) in [4.78, 5) is 10.7. The molecule has 0 fully saturated rings. The van der Waals surface area contributed by atoms with Crippen molar-refractivity contribution in [2.75, 3.05) is 5.32 Å². The van der Waals surface area contributed by atoms with Crippen molar-refractivity contribution in [3.8, 4) is 0 Å². The first-order valence-corrected chi connectivity index (χ1v) is 6.02. The summed E-state index contributed by atoms with van der Waals surface area (Å²) in [7, 11) is 0. The van der Waals surface area contributed by atoms with E-state index in [4.69, 9.17) is 16.7 Å². The lowest BCUT2D eigenvalue weighted by Crippen LogP contribution is -2.03. The average molecular weight is 298 g/mol. The molecular weight excluding hydrogens is 288 g/mol. The van der Waals surface area contributed by atoms with Gasteiger partial charge in [0.15, 0.2) is 11.6 Å². The van der Waals surface area contributed by atoms with Gasteiger partial charge >= 0.3 is 5.97 Å². The number of carboxylic acid groups (broad SMARTS) is 1. The predicted molar refractivity (Wildman–Crippen MR) is 72.8 cm³/mol. The SMILES string of the molecule is Cc1ccc(Nc2c(F)cc(C(=O)O)cc2F)cc1Cl. The van der Waals surface area contributed by atoms with E-state index < -0.39 is 28.9 Å². The van der Waals surface area contributed by atoms with Gasteiger partial charge < -0.3 is 10.4 Å². The molecule has 2 N–H and O–H groups in total. The zero-order chi connectivity index (χ0) is 14.9. The second-order valence-electron chi connectivity index (χ2n) is 4.21. The van der Waals surface area contributed by atoms with Crippen molar-refractivity contribution in [3.05, 3.63) is 58.1 Å². The van der Waals surface area contributed by atoms with E-state index in [-0.39, 0.29) is 0 Å². The number of anilines is 2. The Balaban J connectivity index is 2.38. The smallest absolute Gasteiger partial charge is 0.335 e. The van der Waals surface area contributed by atoms with Crippen LogP contribution in [-0.4, -0.2) is 11.1 Å². The molecular formula is C14H10ClF2NO2. The minimum atomic E-state index is -1.40. The van der Waals surface area contributed by atoms with Gasteiger partial charge in [0, 0.05) is 10.7 Å². The zero-order valence-corrected chi connectivity index (χ0v) is 11.1. The molecule has 104 valence electrons. The van der Waals surface area contributed by atoms with Crippen molar-refractivity contribution in [1.29, 1.82) is 0 Å². The summed E-state index contributed by atoms with van der Waals surface area (Å²) in [5.74, 6) is -3.37. The fourth-order valence-corrected chi connectivity index (χ4v) is 1.81. The predicted octanol–water partition coefficient (Wildman–Crippen LogP) is 4.37. The summed E-state index contributed by atoms with van der Waals surface area (Å²) in [6.45, 7) is 1.80. The summed E-state index contributed by atoms with van der Waals surface area (Å²) in [5, 5.41) is 11.7. The summed E-state index contributed by atoms with van der Waals surface area (Å²) in [6, 6.07) is 6.35. The third-order valence-electron chi connectivity index (χ3n) is 2.73. The van der Waals surface area contributed by atoms with E-state index in [9.17, 15) is 13.6 Å². The summed E-state index contributed by atoms with van der Waals surface area (Å²) in [5.41, 5.74) is 0.364. The van der Waals surface area contributed by atoms with E-state index in [0.29, 0.717) is 10.7 Å². The van der Waals surface area contributed by atoms with Crippen molar-refractivity contribution in [1.82, 2.24) is 0 Å². The topological polar surface area (TPSA) is 49.3 Å². The lowest BCUT2D eigenvalue weighted by Gasteiger charge is -2.10. The molecule has 0 saturated heterocycles. The van der Waals surface area contributed by atoms with Gasteiger partial charge in [0.2, 0.25) is 0 Å². The molecule has 2 rings (SSSR count). The molecule has 0 aliphatic carbocycles. The first-order chi connectivity index (χ1) is 9.38. The maximum absolute atomic E-state index is 13.7. The van der Waals surface area contributed by atoms with Crippen LogP contribution in [0.5, 0.6) is 0 Å². The van der Waals surface area contributed by atoms with E-state index in [2.05, 4.69) is 5.32 Å². The Hall–Kier alpha value is -2.14. The molecule has 6 heteroatoms. The largest absolute Gasteiger partial charge is 0.478 e. The number of aryl methyl sites for hydroxylation is 1. The molecule has 0 aliphatic heterocycles. The lowest BCUT2D eigenvalue weighted by molar-refractivity contribution is 0.0696. The molecule has 0 aromatic heterocycles. The van der Waals surface area contributed by atoms with Crippen LogP contribution in [0.3, 0.4) is 0 Å². The van der Waals surface area contributed by atoms with Gasteiger partial charge in [-0.3, -0.25) is 0 Å². The average Bonchev–Trinajstić information content (AvgIpc) is 2.37. The third kappa shape index (κ3) is 2.88. The van der Waals surface area contributed by atoms with Crippen molar-refractivity contribution in [2.45, 2.75) is 6.92 Å². The molecule has 0 bridgehead atoms. The molecule has 2 aromatic rings. The van der Waals surface area contributed by atoms with Crippen molar-refractivity contribution < 1.29 is 18.7 Å². The second kappa shape index (κ2) is 5.46. The Morgan fingerprint density at radius 2 is 1.80 bits per heavy atom. The van der Waals surface area contributed by atoms with E-state index >= 15 is 0 Å². The Morgan fingerprint density at radius 3 is 2.30 bits per heavy atom. The Morgan fingerprint density at radius 1 is 1.20 bits per heavy atom. The summed E-state index contributed by atoms with van der Waals surface area (Å²) in [6.07, 6.45) is 0. The number of halogens is 3.